The number of pyridine rings is 1. The van der Waals surface area contributed by atoms with Crippen LogP contribution in [0.15, 0.2) is 36.4 Å². The first-order valence-electron chi connectivity index (χ1n) is 11.8. The lowest BCUT2D eigenvalue weighted by atomic mass is 10.1. The molecule has 0 saturated carbocycles. The second kappa shape index (κ2) is 9.49. The average molecular weight is 450 g/mol. The molecule has 8 heteroatoms. The summed E-state index contributed by atoms with van der Waals surface area (Å²) in [5, 5.41) is 0.963. The molecule has 0 spiro atoms. The highest BCUT2D eigenvalue weighted by molar-refractivity contribution is 5.90. The fourth-order valence-electron chi connectivity index (χ4n) is 4.53. The summed E-state index contributed by atoms with van der Waals surface area (Å²) in [5.41, 5.74) is 2.62. The molecule has 174 valence electrons. The molecule has 0 bridgehead atoms. The van der Waals surface area contributed by atoms with Gasteiger partial charge >= 0.3 is 0 Å². The van der Waals surface area contributed by atoms with E-state index < -0.39 is 0 Å². The molecule has 2 unspecified atom stereocenters. The van der Waals surface area contributed by atoms with Crippen LogP contribution >= 0.6 is 0 Å². The predicted octanol–water partition coefficient (Wildman–Crippen LogP) is 3.54. The van der Waals surface area contributed by atoms with Crippen molar-refractivity contribution in [2.45, 2.75) is 33.0 Å². The van der Waals surface area contributed by atoms with E-state index in [1.165, 1.54) is 0 Å². The molecule has 2 saturated heterocycles. The quantitative estimate of drug-likeness (QED) is 0.586. The fourth-order valence-corrected chi connectivity index (χ4v) is 4.53. The summed E-state index contributed by atoms with van der Waals surface area (Å²) in [4.78, 5) is 19.4. The highest BCUT2D eigenvalue weighted by Crippen LogP contribution is 2.30. The summed E-state index contributed by atoms with van der Waals surface area (Å²) in [6.45, 7) is 11.4. The van der Waals surface area contributed by atoms with Crippen molar-refractivity contribution in [3.63, 3.8) is 0 Å². The number of ether oxygens (including phenoxy) is 3. The van der Waals surface area contributed by atoms with E-state index in [0.29, 0.717) is 31.4 Å². The summed E-state index contributed by atoms with van der Waals surface area (Å²) in [5.74, 6) is 2.50. The second-order valence-electron chi connectivity index (χ2n) is 8.63. The Kier molecular flexibility index (Phi) is 6.28. The lowest BCUT2D eigenvalue weighted by Crippen LogP contribution is -2.46. The molecule has 2 aliphatic rings. The normalized spacial score (nSPS) is 21.4. The first-order valence-corrected chi connectivity index (χ1v) is 11.8. The van der Waals surface area contributed by atoms with Crippen molar-refractivity contribution >= 4 is 22.8 Å². The Bertz CT molecular complexity index is 1090. The van der Waals surface area contributed by atoms with Crippen LogP contribution in [0.5, 0.6) is 5.75 Å². The molecule has 3 aromatic rings. The van der Waals surface area contributed by atoms with Crippen molar-refractivity contribution in [1.29, 1.82) is 0 Å². The van der Waals surface area contributed by atoms with Crippen LogP contribution in [-0.2, 0) is 9.47 Å². The van der Waals surface area contributed by atoms with Gasteiger partial charge in [-0.1, -0.05) is 0 Å². The number of fused-ring (bicyclic) bond motifs is 1. The van der Waals surface area contributed by atoms with Gasteiger partial charge in [0.15, 0.2) is 5.65 Å². The molecule has 8 nitrogen and oxygen atoms in total. The Morgan fingerprint density at radius 3 is 2.33 bits per heavy atom. The van der Waals surface area contributed by atoms with Crippen molar-refractivity contribution in [1.82, 2.24) is 15.0 Å². The van der Waals surface area contributed by atoms with Crippen LogP contribution in [0, 0.1) is 0 Å². The highest BCUT2D eigenvalue weighted by atomic mass is 16.5. The van der Waals surface area contributed by atoms with E-state index in [2.05, 4.69) is 29.7 Å². The van der Waals surface area contributed by atoms with Crippen molar-refractivity contribution < 1.29 is 14.2 Å². The maximum atomic E-state index is 5.93. The van der Waals surface area contributed by atoms with Crippen molar-refractivity contribution in [2.75, 3.05) is 55.8 Å². The second-order valence-corrected chi connectivity index (χ2v) is 8.63. The molecule has 0 radical (unpaired) electrons. The van der Waals surface area contributed by atoms with Crippen molar-refractivity contribution in [3.05, 3.63) is 36.4 Å². The van der Waals surface area contributed by atoms with E-state index in [-0.39, 0.29) is 12.2 Å². The Labute approximate surface area is 194 Å². The van der Waals surface area contributed by atoms with Gasteiger partial charge in [-0.25, -0.2) is 4.98 Å². The predicted molar refractivity (Wildman–Crippen MR) is 129 cm³/mol. The number of rotatable bonds is 5. The topological polar surface area (TPSA) is 72.8 Å². The van der Waals surface area contributed by atoms with Gasteiger partial charge in [-0.3, -0.25) is 0 Å². The Morgan fingerprint density at radius 2 is 1.64 bits per heavy atom. The zero-order chi connectivity index (χ0) is 22.8. The van der Waals surface area contributed by atoms with Crippen LogP contribution in [0.3, 0.4) is 0 Å². The van der Waals surface area contributed by atoms with Gasteiger partial charge in [0, 0.05) is 31.7 Å². The summed E-state index contributed by atoms with van der Waals surface area (Å²) in [7, 11) is 0. The van der Waals surface area contributed by atoms with Crippen LogP contribution in [0.4, 0.5) is 11.8 Å². The van der Waals surface area contributed by atoms with Gasteiger partial charge in [0.2, 0.25) is 5.95 Å². The average Bonchev–Trinajstić information content (AvgIpc) is 2.83. The largest absolute Gasteiger partial charge is 0.494 e. The number of morpholine rings is 2. The van der Waals surface area contributed by atoms with Gasteiger partial charge in [0.25, 0.3) is 0 Å². The molecule has 33 heavy (non-hydrogen) atoms. The molecule has 2 aromatic heterocycles. The molecule has 2 aliphatic heterocycles. The number of nitrogens with zero attached hydrogens (tertiary/aromatic N) is 5. The Hall–Kier alpha value is -2.97. The molecule has 1 aromatic carbocycles. The Morgan fingerprint density at radius 1 is 0.909 bits per heavy atom. The molecule has 0 amide bonds. The van der Waals surface area contributed by atoms with E-state index >= 15 is 0 Å². The molecule has 0 aliphatic carbocycles. The van der Waals surface area contributed by atoms with Crippen LogP contribution in [-0.4, -0.2) is 73.2 Å². The minimum absolute atomic E-state index is 0.128. The summed E-state index contributed by atoms with van der Waals surface area (Å²) in [6.07, 6.45) is 0.256. The smallest absolute Gasteiger partial charge is 0.229 e. The zero-order valence-corrected chi connectivity index (χ0v) is 19.5. The number of hydrogen-bond donors (Lipinski definition) is 0. The molecule has 4 heterocycles. The van der Waals surface area contributed by atoms with Crippen LogP contribution in [0.1, 0.15) is 20.8 Å². The van der Waals surface area contributed by atoms with Gasteiger partial charge < -0.3 is 24.0 Å². The summed E-state index contributed by atoms with van der Waals surface area (Å²) in [6, 6.07) is 12.2. The van der Waals surface area contributed by atoms with E-state index in [9.17, 15) is 0 Å². The third-order valence-electron chi connectivity index (χ3n) is 6.00. The molecule has 2 atom stereocenters. The molecule has 5 rings (SSSR count). The van der Waals surface area contributed by atoms with Crippen molar-refractivity contribution in [2.24, 2.45) is 0 Å². The first-order chi connectivity index (χ1) is 16.1. The van der Waals surface area contributed by atoms with Gasteiger partial charge in [0.05, 0.1) is 43.1 Å². The third-order valence-corrected chi connectivity index (χ3v) is 6.00. The molecular weight excluding hydrogens is 418 g/mol. The lowest BCUT2D eigenvalue weighted by Gasteiger charge is -2.36. The van der Waals surface area contributed by atoms with E-state index in [4.69, 9.17) is 29.2 Å². The third kappa shape index (κ3) is 4.72. The first kappa shape index (κ1) is 21.9. The van der Waals surface area contributed by atoms with Gasteiger partial charge in [-0.2, -0.15) is 9.97 Å². The number of hydrogen-bond acceptors (Lipinski definition) is 8. The summed E-state index contributed by atoms with van der Waals surface area (Å²) < 4.78 is 17.1. The maximum Gasteiger partial charge on any atom is 0.229 e. The maximum absolute atomic E-state index is 5.93. The van der Waals surface area contributed by atoms with Crippen LogP contribution in [0.2, 0.25) is 0 Å². The number of benzene rings is 1. The molecule has 2 fully saturated rings. The van der Waals surface area contributed by atoms with Gasteiger partial charge in [0.1, 0.15) is 11.6 Å². The molecule has 0 N–H and O–H groups in total. The Balaban J connectivity index is 1.57. The van der Waals surface area contributed by atoms with E-state index in [1.54, 1.807) is 0 Å². The number of aromatic nitrogens is 3. The van der Waals surface area contributed by atoms with E-state index in [0.717, 1.165) is 54.4 Å². The van der Waals surface area contributed by atoms with E-state index in [1.807, 2.05) is 37.3 Å². The number of anilines is 2. The fraction of sp³-hybridized carbons (Fsp3) is 0.480. The minimum atomic E-state index is 0.128. The van der Waals surface area contributed by atoms with Crippen LogP contribution < -0.4 is 14.5 Å². The van der Waals surface area contributed by atoms with Gasteiger partial charge in [-0.15, -0.1) is 0 Å². The summed E-state index contributed by atoms with van der Waals surface area (Å²) >= 11 is 0. The van der Waals surface area contributed by atoms with Crippen molar-refractivity contribution in [3.8, 4) is 17.0 Å². The monoisotopic (exact) mass is 449 g/mol. The zero-order valence-electron chi connectivity index (χ0n) is 19.5. The highest BCUT2D eigenvalue weighted by Gasteiger charge is 2.26. The minimum Gasteiger partial charge on any atom is -0.494 e. The van der Waals surface area contributed by atoms with Crippen LogP contribution in [0.25, 0.3) is 22.3 Å². The SMILES string of the molecule is CCOc1ccc(-c2ccc3c(N4CCOCC4)nc(N4CC(C)OC(C)C4)nc3n2)cc1. The molecular formula is C25H31N5O3. The standard InChI is InChI=1S/C25H31N5O3/c1-4-32-20-7-5-19(6-8-20)22-10-9-21-23(26-22)27-25(30-15-17(2)33-18(3)16-30)28-24(21)29-11-13-31-14-12-29/h5-10,17-18H,4,11-16H2,1-3H3. The van der Waals surface area contributed by atoms with Gasteiger partial charge in [-0.05, 0) is 57.2 Å². The lowest BCUT2D eigenvalue weighted by molar-refractivity contribution is -0.00570.